The smallest absolute Gasteiger partial charge is 0.177 e. The first kappa shape index (κ1) is 11.3. The lowest BCUT2D eigenvalue weighted by molar-refractivity contribution is 0.0371. The Kier molecular flexibility index (Phi) is 3.70. The van der Waals surface area contributed by atoms with Gasteiger partial charge in [-0.2, -0.15) is 0 Å². The van der Waals surface area contributed by atoms with Crippen LogP contribution in [0.3, 0.4) is 0 Å². The molecular formula is C13H17NO2. The number of hydrogen-bond acceptors (Lipinski definition) is 3. The normalized spacial score (nSPS) is 17.3. The number of carbonyl (C=O) groups excluding carboxylic acids is 1. The van der Waals surface area contributed by atoms with Crippen LogP contribution in [-0.4, -0.2) is 43.5 Å². The molecule has 2 rings (SSSR count). The maximum atomic E-state index is 12.1. The number of hydrogen-bond donors (Lipinski definition) is 0. The Bertz CT molecular complexity index is 370. The van der Waals surface area contributed by atoms with Crippen LogP contribution in [0.2, 0.25) is 0 Å². The van der Waals surface area contributed by atoms with Crippen molar-refractivity contribution >= 4 is 5.78 Å². The maximum absolute atomic E-state index is 12.1. The third-order valence-electron chi connectivity index (χ3n) is 2.92. The van der Waals surface area contributed by atoms with Gasteiger partial charge in [-0.1, -0.05) is 24.3 Å². The lowest BCUT2D eigenvalue weighted by atomic mass is 10.0. The second-order valence-corrected chi connectivity index (χ2v) is 4.13. The van der Waals surface area contributed by atoms with E-state index in [1.807, 2.05) is 31.2 Å². The fourth-order valence-electron chi connectivity index (χ4n) is 1.93. The minimum absolute atomic E-state index is 0.208. The van der Waals surface area contributed by atoms with E-state index in [1.54, 1.807) is 0 Å². The average molecular weight is 219 g/mol. The molecule has 0 spiro atoms. The largest absolute Gasteiger partial charge is 0.379 e. The molecule has 1 aromatic carbocycles. The summed E-state index contributed by atoms with van der Waals surface area (Å²) in [4.78, 5) is 14.2. The van der Waals surface area contributed by atoms with Gasteiger partial charge in [0, 0.05) is 18.7 Å². The Morgan fingerprint density at radius 1 is 1.31 bits per heavy atom. The van der Waals surface area contributed by atoms with Gasteiger partial charge in [0.1, 0.15) is 0 Å². The van der Waals surface area contributed by atoms with Crippen molar-refractivity contribution in [3.05, 3.63) is 35.4 Å². The molecule has 0 atom stereocenters. The molecule has 1 fully saturated rings. The van der Waals surface area contributed by atoms with Crippen molar-refractivity contribution in [3.63, 3.8) is 0 Å². The highest BCUT2D eigenvalue weighted by Gasteiger charge is 2.16. The summed E-state index contributed by atoms with van der Waals surface area (Å²) in [6, 6.07) is 7.76. The van der Waals surface area contributed by atoms with Gasteiger partial charge in [0.2, 0.25) is 0 Å². The molecule has 0 radical (unpaired) electrons. The number of ether oxygens (including phenoxy) is 1. The maximum Gasteiger partial charge on any atom is 0.177 e. The predicted octanol–water partition coefficient (Wildman–Crippen LogP) is 1.51. The van der Waals surface area contributed by atoms with E-state index >= 15 is 0 Å². The van der Waals surface area contributed by atoms with Gasteiger partial charge in [0.25, 0.3) is 0 Å². The van der Waals surface area contributed by atoms with Crippen LogP contribution in [0.5, 0.6) is 0 Å². The minimum atomic E-state index is 0.208. The predicted molar refractivity (Wildman–Crippen MR) is 62.8 cm³/mol. The first-order valence-corrected chi connectivity index (χ1v) is 5.66. The topological polar surface area (TPSA) is 29.5 Å². The summed E-state index contributed by atoms with van der Waals surface area (Å²) in [5.41, 5.74) is 1.90. The lowest BCUT2D eigenvalue weighted by Crippen LogP contribution is -2.39. The molecule has 0 bridgehead atoms. The molecule has 1 aliphatic rings. The van der Waals surface area contributed by atoms with Crippen molar-refractivity contribution in [2.45, 2.75) is 6.92 Å². The second-order valence-electron chi connectivity index (χ2n) is 4.13. The van der Waals surface area contributed by atoms with Crippen LogP contribution in [-0.2, 0) is 4.74 Å². The number of aryl methyl sites for hydroxylation is 1. The van der Waals surface area contributed by atoms with Crippen molar-refractivity contribution in [2.75, 3.05) is 32.8 Å². The van der Waals surface area contributed by atoms with Gasteiger partial charge in [-0.05, 0) is 12.5 Å². The number of morpholine rings is 1. The Hall–Kier alpha value is -1.19. The first-order valence-electron chi connectivity index (χ1n) is 5.66. The molecule has 3 heteroatoms. The van der Waals surface area contributed by atoms with Crippen LogP contribution in [0.4, 0.5) is 0 Å². The Balaban J connectivity index is 2.00. The van der Waals surface area contributed by atoms with Gasteiger partial charge < -0.3 is 4.74 Å². The summed E-state index contributed by atoms with van der Waals surface area (Å²) in [6.07, 6.45) is 0. The zero-order valence-corrected chi connectivity index (χ0v) is 9.61. The van der Waals surface area contributed by atoms with Crippen LogP contribution in [0, 0.1) is 6.92 Å². The molecule has 0 amide bonds. The molecule has 0 saturated carbocycles. The highest BCUT2D eigenvalue weighted by Crippen LogP contribution is 2.09. The first-order chi connectivity index (χ1) is 7.77. The van der Waals surface area contributed by atoms with Gasteiger partial charge in [-0.3, -0.25) is 9.69 Å². The van der Waals surface area contributed by atoms with E-state index in [-0.39, 0.29) is 5.78 Å². The Morgan fingerprint density at radius 2 is 2.00 bits per heavy atom. The van der Waals surface area contributed by atoms with E-state index in [0.29, 0.717) is 6.54 Å². The van der Waals surface area contributed by atoms with Gasteiger partial charge in [0.15, 0.2) is 5.78 Å². The number of nitrogens with zero attached hydrogens (tertiary/aromatic N) is 1. The van der Waals surface area contributed by atoms with Gasteiger partial charge in [-0.15, -0.1) is 0 Å². The van der Waals surface area contributed by atoms with E-state index in [9.17, 15) is 4.79 Å². The number of carbonyl (C=O) groups is 1. The summed E-state index contributed by atoms with van der Waals surface area (Å²) < 4.78 is 5.26. The SMILES string of the molecule is Cc1ccccc1C(=O)CN1CCOCC1. The van der Waals surface area contributed by atoms with Crippen LogP contribution >= 0.6 is 0 Å². The van der Waals surface area contributed by atoms with E-state index in [0.717, 1.165) is 37.4 Å². The molecule has 1 aromatic rings. The Labute approximate surface area is 96.0 Å². The molecule has 1 aliphatic heterocycles. The third kappa shape index (κ3) is 2.68. The van der Waals surface area contributed by atoms with E-state index in [2.05, 4.69) is 4.90 Å². The number of rotatable bonds is 3. The third-order valence-corrected chi connectivity index (χ3v) is 2.92. The fraction of sp³-hybridized carbons (Fsp3) is 0.462. The average Bonchev–Trinajstić information content (AvgIpc) is 2.31. The van der Waals surface area contributed by atoms with Crippen LogP contribution in [0.25, 0.3) is 0 Å². The highest BCUT2D eigenvalue weighted by molar-refractivity contribution is 5.98. The van der Waals surface area contributed by atoms with Crippen molar-refractivity contribution in [2.24, 2.45) is 0 Å². The van der Waals surface area contributed by atoms with Crippen molar-refractivity contribution in [1.29, 1.82) is 0 Å². The van der Waals surface area contributed by atoms with Crippen LogP contribution < -0.4 is 0 Å². The summed E-state index contributed by atoms with van der Waals surface area (Å²) in [7, 11) is 0. The van der Waals surface area contributed by atoms with Crippen LogP contribution in [0.1, 0.15) is 15.9 Å². The fourth-order valence-corrected chi connectivity index (χ4v) is 1.93. The van der Waals surface area contributed by atoms with Gasteiger partial charge in [0.05, 0.1) is 19.8 Å². The number of benzene rings is 1. The second kappa shape index (κ2) is 5.23. The molecular weight excluding hydrogens is 202 g/mol. The minimum Gasteiger partial charge on any atom is -0.379 e. The molecule has 0 N–H and O–H groups in total. The summed E-state index contributed by atoms with van der Waals surface area (Å²) in [5, 5.41) is 0. The molecule has 3 nitrogen and oxygen atoms in total. The van der Waals surface area contributed by atoms with Crippen molar-refractivity contribution in [1.82, 2.24) is 4.90 Å². The van der Waals surface area contributed by atoms with E-state index in [4.69, 9.17) is 4.74 Å². The molecule has 1 saturated heterocycles. The zero-order valence-electron chi connectivity index (χ0n) is 9.61. The molecule has 0 aromatic heterocycles. The Morgan fingerprint density at radius 3 is 2.69 bits per heavy atom. The standard InChI is InChI=1S/C13H17NO2/c1-11-4-2-3-5-12(11)13(15)10-14-6-8-16-9-7-14/h2-5H,6-10H2,1H3. The zero-order chi connectivity index (χ0) is 11.4. The number of ketones is 1. The monoisotopic (exact) mass is 219 g/mol. The summed E-state index contributed by atoms with van der Waals surface area (Å²) in [6.45, 7) is 5.68. The lowest BCUT2D eigenvalue weighted by Gasteiger charge is -2.25. The van der Waals surface area contributed by atoms with Crippen LogP contribution in [0.15, 0.2) is 24.3 Å². The van der Waals surface area contributed by atoms with Crippen molar-refractivity contribution < 1.29 is 9.53 Å². The van der Waals surface area contributed by atoms with E-state index < -0.39 is 0 Å². The molecule has 16 heavy (non-hydrogen) atoms. The molecule has 0 unspecified atom stereocenters. The van der Waals surface area contributed by atoms with Gasteiger partial charge in [-0.25, -0.2) is 0 Å². The summed E-state index contributed by atoms with van der Waals surface area (Å²) >= 11 is 0. The van der Waals surface area contributed by atoms with E-state index in [1.165, 1.54) is 0 Å². The molecule has 0 aliphatic carbocycles. The molecule has 1 heterocycles. The molecule has 86 valence electrons. The summed E-state index contributed by atoms with van der Waals surface area (Å²) in [5.74, 6) is 0.208. The highest BCUT2D eigenvalue weighted by atomic mass is 16.5. The quantitative estimate of drug-likeness (QED) is 0.722. The number of Topliss-reactive ketones (excluding diaryl/α,β-unsaturated/α-hetero) is 1. The van der Waals surface area contributed by atoms with Crippen molar-refractivity contribution in [3.8, 4) is 0 Å². The van der Waals surface area contributed by atoms with Gasteiger partial charge >= 0.3 is 0 Å².